The maximum absolute atomic E-state index is 14.0. The van der Waals surface area contributed by atoms with Crippen LogP contribution in [0.3, 0.4) is 0 Å². The number of ether oxygens (including phenoxy) is 1. The van der Waals surface area contributed by atoms with Crippen LogP contribution in [0.1, 0.15) is 12.5 Å². The summed E-state index contributed by atoms with van der Waals surface area (Å²) in [5, 5.41) is 2.58. The molecule has 1 fully saturated rings. The van der Waals surface area contributed by atoms with Gasteiger partial charge in [-0.25, -0.2) is 9.18 Å². The summed E-state index contributed by atoms with van der Waals surface area (Å²) >= 11 is 0. The van der Waals surface area contributed by atoms with Crippen molar-refractivity contribution in [3.8, 4) is 5.75 Å². The Balaban J connectivity index is 1.71. The summed E-state index contributed by atoms with van der Waals surface area (Å²) in [6, 6.07) is 14.5. The van der Waals surface area contributed by atoms with Gasteiger partial charge in [-0.05, 0) is 25.1 Å². The Morgan fingerprint density at radius 2 is 1.75 bits per heavy atom. The van der Waals surface area contributed by atoms with Gasteiger partial charge in [0, 0.05) is 5.56 Å². The molecule has 1 atom stereocenters. The number of hydrogen-bond acceptors (Lipinski definition) is 3. The summed E-state index contributed by atoms with van der Waals surface area (Å²) < 4.78 is 19.6. The van der Waals surface area contributed by atoms with Crippen LogP contribution >= 0.6 is 0 Å². The Kier molecular flexibility index (Phi) is 4.20. The van der Waals surface area contributed by atoms with Gasteiger partial charge in [0.1, 0.15) is 23.7 Å². The number of carbonyl (C=O) groups excluding carboxylic acids is 2. The topological polar surface area (TPSA) is 58.6 Å². The van der Waals surface area contributed by atoms with E-state index >= 15 is 0 Å². The first-order valence-corrected chi connectivity index (χ1v) is 7.59. The van der Waals surface area contributed by atoms with Crippen LogP contribution in [0.25, 0.3) is 0 Å². The number of amides is 3. The van der Waals surface area contributed by atoms with Gasteiger partial charge in [0.2, 0.25) is 0 Å². The number of halogens is 1. The Labute approximate surface area is 139 Å². The molecule has 124 valence electrons. The number of para-hydroxylation sites is 1. The number of hydrogen-bond donors (Lipinski definition) is 1. The Morgan fingerprint density at radius 1 is 1.08 bits per heavy atom. The molecule has 2 aromatic rings. The summed E-state index contributed by atoms with van der Waals surface area (Å²) in [6.45, 7) is 1.75. The van der Waals surface area contributed by atoms with E-state index in [2.05, 4.69) is 5.32 Å². The zero-order chi connectivity index (χ0) is 17.2. The fourth-order valence-corrected chi connectivity index (χ4v) is 2.72. The normalized spacial score (nSPS) is 20.2. The SMILES string of the molecule is CC1(c2ccccc2F)NC(=O)N(CCOc2ccccc2)C1=O. The monoisotopic (exact) mass is 328 g/mol. The zero-order valence-corrected chi connectivity index (χ0v) is 13.2. The van der Waals surface area contributed by atoms with Crippen molar-refractivity contribution >= 4 is 11.9 Å². The molecular formula is C18H17FN2O3. The number of carbonyl (C=O) groups is 2. The molecule has 0 saturated carbocycles. The van der Waals surface area contributed by atoms with Crippen molar-refractivity contribution in [3.63, 3.8) is 0 Å². The molecule has 0 radical (unpaired) electrons. The van der Waals surface area contributed by atoms with E-state index in [-0.39, 0.29) is 18.7 Å². The lowest BCUT2D eigenvalue weighted by Gasteiger charge is -2.22. The van der Waals surface area contributed by atoms with Crippen LogP contribution in [-0.4, -0.2) is 30.0 Å². The van der Waals surface area contributed by atoms with Crippen LogP contribution in [0.4, 0.5) is 9.18 Å². The van der Waals surface area contributed by atoms with Crippen LogP contribution in [0, 0.1) is 5.82 Å². The molecule has 1 unspecified atom stereocenters. The van der Waals surface area contributed by atoms with Crippen LogP contribution < -0.4 is 10.1 Å². The highest BCUT2D eigenvalue weighted by Gasteiger charge is 2.49. The fraction of sp³-hybridized carbons (Fsp3) is 0.222. The second kappa shape index (κ2) is 6.31. The van der Waals surface area contributed by atoms with Gasteiger partial charge in [-0.15, -0.1) is 0 Å². The van der Waals surface area contributed by atoms with E-state index in [1.54, 1.807) is 18.2 Å². The third-order valence-electron chi connectivity index (χ3n) is 4.01. The van der Waals surface area contributed by atoms with Gasteiger partial charge in [0.15, 0.2) is 0 Å². The highest BCUT2D eigenvalue weighted by Crippen LogP contribution is 2.30. The quantitative estimate of drug-likeness (QED) is 0.859. The number of rotatable bonds is 5. The highest BCUT2D eigenvalue weighted by atomic mass is 19.1. The van der Waals surface area contributed by atoms with E-state index in [1.165, 1.54) is 25.1 Å². The molecule has 6 heteroatoms. The smallest absolute Gasteiger partial charge is 0.325 e. The molecule has 0 aliphatic carbocycles. The number of nitrogens with zero attached hydrogens (tertiary/aromatic N) is 1. The number of urea groups is 1. The highest BCUT2D eigenvalue weighted by molar-refractivity contribution is 6.07. The molecule has 0 aromatic heterocycles. The minimum Gasteiger partial charge on any atom is -0.492 e. The molecule has 0 spiro atoms. The lowest BCUT2D eigenvalue weighted by Crippen LogP contribution is -2.42. The van der Waals surface area contributed by atoms with Crippen molar-refractivity contribution in [3.05, 3.63) is 66.0 Å². The molecule has 1 aliphatic heterocycles. The van der Waals surface area contributed by atoms with Crippen molar-refractivity contribution in [1.82, 2.24) is 10.2 Å². The van der Waals surface area contributed by atoms with Crippen LogP contribution in [0.5, 0.6) is 5.75 Å². The van der Waals surface area contributed by atoms with Gasteiger partial charge in [-0.2, -0.15) is 0 Å². The summed E-state index contributed by atoms with van der Waals surface area (Å²) in [6.07, 6.45) is 0. The minimum atomic E-state index is -1.41. The maximum Gasteiger partial charge on any atom is 0.325 e. The number of benzene rings is 2. The van der Waals surface area contributed by atoms with Crippen molar-refractivity contribution in [1.29, 1.82) is 0 Å². The zero-order valence-electron chi connectivity index (χ0n) is 13.2. The van der Waals surface area contributed by atoms with Gasteiger partial charge in [-0.3, -0.25) is 9.69 Å². The number of nitrogens with one attached hydrogen (secondary N) is 1. The Hall–Kier alpha value is -2.89. The predicted octanol–water partition coefficient (Wildman–Crippen LogP) is 2.67. The average molecular weight is 328 g/mol. The van der Waals surface area contributed by atoms with Crippen LogP contribution in [0.15, 0.2) is 54.6 Å². The van der Waals surface area contributed by atoms with Crippen molar-refractivity contribution in [2.75, 3.05) is 13.2 Å². The van der Waals surface area contributed by atoms with Gasteiger partial charge in [0.05, 0.1) is 6.54 Å². The second-order valence-electron chi connectivity index (χ2n) is 5.65. The third kappa shape index (κ3) is 2.82. The molecule has 2 aromatic carbocycles. The van der Waals surface area contributed by atoms with Crippen molar-refractivity contribution in [2.45, 2.75) is 12.5 Å². The summed E-state index contributed by atoms with van der Waals surface area (Å²) in [4.78, 5) is 25.8. The van der Waals surface area contributed by atoms with Gasteiger partial charge < -0.3 is 10.1 Å². The van der Waals surface area contributed by atoms with Crippen molar-refractivity contribution in [2.24, 2.45) is 0 Å². The largest absolute Gasteiger partial charge is 0.492 e. The summed E-state index contributed by atoms with van der Waals surface area (Å²) in [5.74, 6) is -0.369. The van der Waals surface area contributed by atoms with E-state index < -0.39 is 23.3 Å². The minimum absolute atomic E-state index is 0.0869. The molecular weight excluding hydrogens is 311 g/mol. The summed E-state index contributed by atoms with van der Waals surface area (Å²) in [5.41, 5.74) is -1.26. The van der Waals surface area contributed by atoms with E-state index in [0.717, 1.165) is 4.90 Å². The standard InChI is InChI=1S/C18H17FN2O3/c1-18(14-9-5-6-10-15(14)19)16(22)21(17(23)20-18)11-12-24-13-7-3-2-4-8-13/h2-10H,11-12H2,1H3,(H,20,23). The van der Waals surface area contributed by atoms with Gasteiger partial charge in [-0.1, -0.05) is 36.4 Å². The van der Waals surface area contributed by atoms with E-state index in [9.17, 15) is 14.0 Å². The molecule has 24 heavy (non-hydrogen) atoms. The molecule has 5 nitrogen and oxygen atoms in total. The molecule has 1 heterocycles. The molecule has 1 N–H and O–H groups in total. The lowest BCUT2D eigenvalue weighted by molar-refractivity contribution is -0.131. The number of imide groups is 1. The van der Waals surface area contributed by atoms with E-state index in [0.29, 0.717) is 5.75 Å². The van der Waals surface area contributed by atoms with Crippen LogP contribution in [0.2, 0.25) is 0 Å². The first-order valence-electron chi connectivity index (χ1n) is 7.59. The fourth-order valence-electron chi connectivity index (χ4n) is 2.72. The second-order valence-corrected chi connectivity index (χ2v) is 5.65. The third-order valence-corrected chi connectivity index (χ3v) is 4.01. The molecule has 3 amide bonds. The molecule has 0 bridgehead atoms. The molecule has 1 saturated heterocycles. The first kappa shape index (κ1) is 16.0. The lowest BCUT2D eigenvalue weighted by atomic mass is 9.91. The molecule has 1 aliphatic rings. The van der Waals surface area contributed by atoms with Crippen LogP contribution in [-0.2, 0) is 10.3 Å². The maximum atomic E-state index is 14.0. The predicted molar refractivity (Wildman–Crippen MR) is 85.9 cm³/mol. The molecule has 3 rings (SSSR count). The van der Waals surface area contributed by atoms with E-state index in [1.807, 2.05) is 18.2 Å². The van der Waals surface area contributed by atoms with E-state index in [4.69, 9.17) is 4.74 Å². The summed E-state index contributed by atoms with van der Waals surface area (Å²) in [7, 11) is 0. The van der Waals surface area contributed by atoms with Gasteiger partial charge >= 0.3 is 6.03 Å². The van der Waals surface area contributed by atoms with Crippen molar-refractivity contribution < 1.29 is 18.7 Å². The van der Waals surface area contributed by atoms with Gasteiger partial charge in [0.25, 0.3) is 5.91 Å². The first-order chi connectivity index (χ1) is 11.5. The Morgan fingerprint density at radius 3 is 2.46 bits per heavy atom. The Bertz CT molecular complexity index is 766. The average Bonchev–Trinajstić information content (AvgIpc) is 2.80.